The van der Waals surface area contributed by atoms with Gasteiger partial charge in [-0.2, -0.15) is 5.26 Å². The van der Waals surface area contributed by atoms with Crippen LogP contribution < -0.4 is 9.47 Å². The molecule has 0 aliphatic rings. The quantitative estimate of drug-likeness (QED) is 0.735. The summed E-state index contributed by atoms with van der Waals surface area (Å²) in [5.41, 5.74) is 1.48. The predicted octanol–water partition coefficient (Wildman–Crippen LogP) is 3.76. The maximum absolute atomic E-state index is 8.99. The number of ether oxygens (including phenoxy) is 2. The lowest BCUT2D eigenvalue weighted by Gasteiger charge is -2.07. The molecule has 0 saturated heterocycles. The van der Waals surface area contributed by atoms with E-state index in [0.29, 0.717) is 23.7 Å². The van der Waals surface area contributed by atoms with E-state index < -0.39 is 0 Å². The summed E-state index contributed by atoms with van der Waals surface area (Å²) in [7, 11) is 1.56. The number of nitrogens with zero attached hydrogens (tertiary/aromatic N) is 2. The van der Waals surface area contributed by atoms with Crippen molar-refractivity contribution in [2.45, 2.75) is 6.61 Å². The van der Waals surface area contributed by atoms with Gasteiger partial charge in [0, 0.05) is 6.07 Å². The minimum absolute atomic E-state index is 0.372. The van der Waals surface area contributed by atoms with Gasteiger partial charge in [0.1, 0.15) is 23.1 Å². The average molecular weight is 296 g/mol. The van der Waals surface area contributed by atoms with Crippen LogP contribution in [0.3, 0.4) is 0 Å². The number of fused-ring (bicyclic) bond motifs is 1. The number of benzene rings is 2. The SMILES string of the molecule is COc1cc(C#N)cc(OCc2nc3ccccc3s2)c1. The summed E-state index contributed by atoms with van der Waals surface area (Å²) in [6.07, 6.45) is 0. The van der Waals surface area contributed by atoms with Crippen molar-refractivity contribution < 1.29 is 9.47 Å². The number of thiazole rings is 1. The standard InChI is InChI=1S/C16H12N2O2S/c1-19-12-6-11(9-17)7-13(8-12)20-10-16-18-14-4-2-3-5-15(14)21-16/h2-8H,10H2,1H3. The first-order valence-electron chi connectivity index (χ1n) is 6.35. The second-order valence-corrected chi connectivity index (χ2v) is 5.49. The Hall–Kier alpha value is -2.58. The monoisotopic (exact) mass is 296 g/mol. The topological polar surface area (TPSA) is 55.1 Å². The highest BCUT2D eigenvalue weighted by Crippen LogP contribution is 2.25. The van der Waals surface area contributed by atoms with E-state index in [4.69, 9.17) is 14.7 Å². The Morgan fingerprint density at radius 3 is 2.76 bits per heavy atom. The number of methoxy groups -OCH3 is 1. The van der Waals surface area contributed by atoms with Crippen LogP contribution in [0.5, 0.6) is 11.5 Å². The zero-order chi connectivity index (χ0) is 14.7. The number of para-hydroxylation sites is 1. The van der Waals surface area contributed by atoms with Crippen molar-refractivity contribution in [2.75, 3.05) is 7.11 Å². The third-order valence-corrected chi connectivity index (χ3v) is 3.96. The molecule has 1 aromatic heterocycles. The fourth-order valence-electron chi connectivity index (χ4n) is 1.96. The highest BCUT2D eigenvalue weighted by Gasteiger charge is 2.06. The van der Waals surface area contributed by atoms with Crippen molar-refractivity contribution in [1.82, 2.24) is 4.98 Å². The lowest BCUT2D eigenvalue weighted by Crippen LogP contribution is -1.96. The van der Waals surface area contributed by atoms with Gasteiger partial charge in [-0.1, -0.05) is 12.1 Å². The number of aromatic nitrogens is 1. The van der Waals surface area contributed by atoms with E-state index in [9.17, 15) is 0 Å². The zero-order valence-corrected chi connectivity index (χ0v) is 12.2. The van der Waals surface area contributed by atoms with Gasteiger partial charge in [-0.3, -0.25) is 0 Å². The maximum atomic E-state index is 8.99. The Balaban J connectivity index is 1.79. The molecule has 3 rings (SSSR count). The van der Waals surface area contributed by atoms with E-state index in [1.165, 1.54) is 0 Å². The molecule has 104 valence electrons. The third kappa shape index (κ3) is 2.96. The van der Waals surface area contributed by atoms with Gasteiger partial charge in [0.15, 0.2) is 0 Å². The molecule has 0 bridgehead atoms. The molecule has 4 nitrogen and oxygen atoms in total. The minimum atomic E-state index is 0.372. The molecule has 0 N–H and O–H groups in total. The van der Waals surface area contributed by atoms with Crippen LogP contribution in [0.4, 0.5) is 0 Å². The van der Waals surface area contributed by atoms with Crippen molar-refractivity contribution in [3.05, 3.63) is 53.0 Å². The van der Waals surface area contributed by atoms with Gasteiger partial charge in [-0.15, -0.1) is 11.3 Å². The Kier molecular flexibility index (Phi) is 3.71. The van der Waals surface area contributed by atoms with Gasteiger partial charge in [0.25, 0.3) is 0 Å². The molecule has 0 spiro atoms. The van der Waals surface area contributed by atoms with Crippen LogP contribution in [-0.2, 0) is 6.61 Å². The Morgan fingerprint density at radius 2 is 2.00 bits per heavy atom. The molecule has 0 fully saturated rings. The summed E-state index contributed by atoms with van der Waals surface area (Å²) < 4.78 is 12.0. The highest BCUT2D eigenvalue weighted by molar-refractivity contribution is 7.18. The fraction of sp³-hybridized carbons (Fsp3) is 0.125. The molecular formula is C16H12N2O2S. The van der Waals surface area contributed by atoms with Gasteiger partial charge < -0.3 is 9.47 Å². The molecule has 0 unspecified atom stereocenters. The van der Waals surface area contributed by atoms with Gasteiger partial charge >= 0.3 is 0 Å². The summed E-state index contributed by atoms with van der Waals surface area (Å²) in [4.78, 5) is 4.51. The molecule has 1 heterocycles. The Morgan fingerprint density at radius 1 is 1.19 bits per heavy atom. The molecule has 2 aromatic carbocycles. The summed E-state index contributed by atoms with van der Waals surface area (Å²) in [6, 6.07) is 15.2. The third-order valence-electron chi connectivity index (χ3n) is 2.95. The summed E-state index contributed by atoms with van der Waals surface area (Å²) in [5, 5.41) is 9.89. The molecule has 0 aliphatic heterocycles. The van der Waals surface area contributed by atoms with Crippen LogP contribution in [0.2, 0.25) is 0 Å². The Bertz CT molecular complexity index is 788. The van der Waals surface area contributed by atoms with E-state index in [2.05, 4.69) is 11.1 Å². The second kappa shape index (κ2) is 5.81. The van der Waals surface area contributed by atoms with Crippen molar-refractivity contribution in [1.29, 1.82) is 5.26 Å². The first kappa shape index (κ1) is 13.4. The fourth-order valence-corrected chi connectivity index (χ4v) is 2.84. The predicted molar refractivity (Wildman–Crippen MR) is 81.7 cm³/mol. The van der Waals surface area contributed by atoms with Gasteiger partial charge in [-0.25, -0.2) is 4.98 Å². The Labute approximate surface area is 126 Å². The number of hydrogen-bond acceptors (Lipinski definition) is 5. The molecule has 0 atom stereocenters. The van der Waals surface area contributed by atoms with Gasteiger partial charge in [-0.05, 0) is 24.3 Å². The van der Waals surface area contributed by atoms with Crippen molar-refractivity contribution in [3.63, 3.8) is 0 Å². The van der Waals surface area contributed by atoms with E-state index in [0.717, 1.165) is 15.2 Å². The smallest absolute Gasteiger partial charge is 0.140 e. The molecule has 0 saturated carbocycles. The molecular weight excluding hydrogens is 284 g/mol. The maximum Gasteiger partial charge on any atom is 0.140 e. The van der Waals surface area contributed by atoms with E-state index >= 15 is 0 Å². The second-order valence-electron chi connectivity index (χ2n) is 4.37. The van der Waals surface area contributed by atoms with Crippen LogP contribution in [-0.4, -0.2) is 12.1 Å². The van der Waals surface area contributed by atoms with E-state index in [1.54, 1.807) is 36.6 Å². The van der Waals surface area contributed by atoms with Crippen molar-refractivity contribution in [2.24, 2.45) is 0 Å². The van der Waals surface area contributed by atoms with Crippen molar-refractivity contribution in [3.8, 4) is 17.6 Å². The molecule has 0 amide bonds. The number of hydrogen-bond donors (Lipinski definition) is 0. The molecule has 0 aliphatic carbocycles. The largest absolute Gasteiger partial charge is 0.497 e. The summed E-state index contributed by atoms with van der Waals surface area (Å²) in [6.45, 7) is 0.372. The van der Waals surface area contributed by atoms with E-state index in [1.807, 2.05) is 24.3 Å². The average Bonchev–Trinajstić information content (AvgIpc) is 2.95. The van der Waals surface area contributed by atoms with Crippen LogP contribution >= 0.6 is 11.3 Å². The van der Waals surface area contributed by atoms with Gasteiger partial charge in [0.05, 0.1) is 29.0 Å². The molecule has 3 aromatic rings. The first-order chi connectivity index (χ1) is 10.3. The van der Waals surface area contributed by atoms with Crippen LogP contribution in [0.1, 0.15) is 10.6 Å². The minimum Gasteiger partial charge on any atom is -0.497 e. The van der Waals surface area contributed by atoms with E-state index in [-0.39, 0.29) is 0 Å². The lowest BCUT2D eigenvalue weighted by atomic mass is 10.2. The van der Waals surface area contributed by atoms with Gasteiger partial charge in [0.2, 0.25) is 0 Å². The van der Waals surface area contributed by atoms with Crippen LogP contribution in [0.15, 0.2) is 42.5 Å². The molecule has 0 radical (unpaired) electrons. The number of rotatable bonds is 4. The molecule has 21 heavy (non-hydrogen) atoms. The first-order valence-corrected chi connectivity index (χ1v) is 7.16. The summed E-state index contributed by atoms with van der Waals surface area (Å²) in [5.74, 6) is 1.21. The highest BCUT2D eigenvalue weighted by atomic mass is 32.1. The zero-order valence-electron chi connectivity index (χ0n) is 11.4. The number of nitriles is 1. The normalized spacial score (nSPS) is 10.3. The van der Waals surface area contributed by atoms with Crippen molar-refractivity contribution >= 4 is 21.6 Å². The van der Waals surface area contributed by atoms with Crippen LogP contribution in [0.25, 0.3) is 10.2 Å². The lowest BCUT2D eigenvalue weighted by molar-refractivity contribution is 0.303. The summed E-state index contributed by atoms with van der Waals surface area (Å²) >= 11 is 1.60. The van der Waals surface area contributed by atoms with Crippen LogP contribution in [0, 0.1) is 11.3 Å². The molecule has 5 heteroatoms.